The largest absolute Gasteiger partial charge is 0.493 e. The van der Waals surface area contributed by atoms with Crippen LogP contribution in [0.1, 0.15) is 49.4 Å². The predicted octanol–water partition coefficient (Wildman–Crippen LogP) is 6.76. The average molecular weight is 480 g/mol. The monoisotopic (exact) mass is 479 g/mol. The lowest BCUT2D eigenvalue weighted by atomic mass is 9.92. The molecule has 0 N–H and O–H groups in total. The molecule has 5 heteroatoms. The van der Waals surface area contributed by atoms with Crippen molar-refractivity contribution >= 4 is 5.97 Å². The molecule has 0 aliphatic carbocycles. The van der Waals surface area contributed by atoms with Crippen LogP contribution in [-0.2, 0) is 16.0 Å². The van der Waals surface area contributed by atoms with Crippen molar-refractivity contribution < 1.29 is 18.7 Å². The minimum atomic E-state index is -0.310. The van der Waals surface area contributed by atoms with Crippen molar-refractivity contribution in [3.05, 3.63) is 101 Å². The lowest BCUT2D eigenvalue weighted by molar-refractivity contribution is -0.139. The number of hydrogen-bond acceptors (Lipinski definition) is 4. The first-order valence-corrected chi connectivity index (χ1v) is 12.1. The molecule has 0 heterocycles. The van der Waals surface area contributed by atoms with E-state index in [0.29, 0.717) is 31.6 Å². The summed E-state index contributed by atoms with van der Waals surface area (Å²) in [5, 5.41) is 0. The van der Waals surface area contributed by atoms with Crippen LogP contribution in [0, 0.1) is 12.7 Å². The molecule has 4 nitrogen and oxygen atoms in total. The van der Waals surface area contributed by atoms with Gasteiger partial charge in [0.1, 0.15) is 11.6 Å². The maximum absolute atomic E-state index is 13.1. The molecule has 0 aromatic heterocycles. The molecule has 0 amide bonds. The van der Waals surface area contributed by atoms with E-state index in [-0.39, 0.29) is 17.8 Å². The summed E-state index contributed by atoms with van der Waals surface area (Å²) >= 11 is 0. The van der Waals surface area contributed by atoms with E-state index in [1.165, 1.54) is 12.1 Å². The van der Waals surface area contributed by atoms with Crippen LogP contribution in [0.25, 0.3) is 0 Å². The van der Waals surface area contributed by atoms with Gasteiger partial charge in [-0.15, -0.1) is 0 Å². The average Bonchev–Trinajstić information content (AvgIpc) is 2.83. The molecule has 188 valence electrons. The molecule has 0 spiro atoms. The van der Waals surface area contributed by atoms with Crippen LogP contribution in [0.15, 0.2) is 78.4 Å². The SMILES string of the molecule is C/C=C\C/C=C\C/C=C(\C(=O)OCC)C(c1cc(OCCc2ccc(F)cc2)ccc1C)N(C)C. The number of esters is 1. The van der Waals surface area contributed by atoms with Crippen molar-refractivity contribution in [1.29, 1.82) is 0 Å². The van der Waals surface area contributed by atoms with Crippen LogP contribution in [-0.4, -0.2) is 38.2 Å². The molecule has 0 fully saturated rings. The number of hydrogen-bond donors (Lipinski definition) is 0. The Morgan fingerprint density at radius 1 is 1.06 bits per heavy atom. The second-order valence-corrected chi connectivity index (χ2v) is 8.50. The number of ether oxygens (including phenoxy) is 2. The van der Waals surface area contributed by atoms with Crippen molar-refractivity contribution in [1.82, 2.24) is 4.90 Å². The molecule has 0 aliphatic rings. The highest BCUT2D eigenvalue weighted by atomic mass is 19.1. The van der Waals surface area contributed by atoms with Crippen molar-refractivity contribution in [2.24, 2.45) is 0 Å². The minimum Gasteiger partial charge on any atom is -0.493 e. The summed E-state index contributed by atoms with van der Waals surface area (Å²) < 4.78 is 24.6. The summed E-state index contributed by atoms with van der Waals surface area (Å²) in [6.07, 6.45) is 12.4. The van der Waals surface area contributed by atoms with Gasteiger partial charge in [0.2, 0.25) is 0 Å². The van der Waals surface area contributed by atoms with E-state index < -0.39 is 0 Å². The van der Waals surface area contributed by atoms with E-state index in [0.717, 1.165) is 28.9 Å². The Bertz CT molecular complexity index is 1020. The number of halogens is 1. The highest BCUT2D eigenvalue weighted by Crippen LogP contribution is 2.33. The lowest BCUT2D eigenvalue weighted by Crippen LogP contribution is -2.27. The fourth-order valence-electron chi connectivity index (χ4n) is 3.79. The van der Waals surface area contributed by atoms with Crippen LogP contribution >= 0.6 is 0 Å². The van der Waals surface area contributed by atoms with Crippen LogP contribution < -0.4 is 4.74 Å². The fourth-order valence-corrected chi connectivity index (χ4v) is 3.79. The lowest BCUT2D eigenvalue weighted by Gasteiger charge is -2.28. The normalized spacial score (nSPS) is 13.1. The number of carbonyl (C=O) groups is 1. The quantitative estimate of drug-likeness (QED) is 0.181. The number of rotatable bonds is 13. The zero-order chi connectivity index (χ0) is 25.6. The van der Waals surface area contributed by atoms with Gasteiger partial charge in [-0.2, -0.15) is 0 Å². The molecule has 0 bridgehead atoms. The van der Waals surface area contributed by atoms with Gasteiger partial charge in [-0.05, 0) is 88.7 Å². The van der Waals surface area contributed by atoms with Gasteiger partial charge >= 0.3 is 5.97 Å². The smallest absolute Gasteiger partial charge is 0.335 e. The maximum atomic E-state index is 13.1. The van der Waals surface area contributed by atoms with Gasteiger partial charge in [0.05, 0.1) is 24.8 Å². The first-order chi connectivity index (χ1) is 16.9. The van der Waals surface area contributed by atoms with E-state index in [2.05, 4.69) is 18.2 Å². The predicted molar refractivity (Wildman–Crippen MR) is 141 cm³/mol. The number of aryl methyl sites for hydroxylation is 1. The van der Waals surface area contributed by atoms with Gasteiger partial charge in [-0.3, -0.25) is 4.90 Å². The van der Waals surface area contributed by atoms with Gasteiger partial charge in [-0.25, -0.2) is 9.18 Å². The Hall–Kier alpha value is -3.18. The molecule has 0 radical (unpaired) electrons. The summed E-state index contributed by atoms with van der Waals surface area (Å²) in [6.45, 7) is 6.64. The van der Waals surface area contributed by atoms with Crippen LogP contribution in [0.3, 0.4) is 0 Å². The third kappa shape index (κ3) is 9.18. The Balaban J connectivity index is 2.26. The van der Waals surface area contributed by atoms with E-state index in [4.69, 9.17) is 9.47 Å². The molecule has 35 heavy (non-hydrogen) atoms. The summed E-state index contributed by atoms with van der Waals surface area (Å²) in [4.78, 5) is 15.0. The second-order valence-electron chi connectivity index (χ2n) is 8.50. The zero-order valence-electron chi connectivity index (χ0n) is 21.6. The number of nitrogens with zero attached hydrogens (tertiary/aromatic N) is 1. The highest BCUT2D eigenvalue weighted by Gasteiger charge is 2.27. The van der Waals surface area contributed by atoms with Gasteiger partial charge in [-0.1, -0.05) is 48.6 Å². The van der Waals surface area contributed by atoms with E-state index in [9.17, 15) is 9.18 Å². The van der Waals surface area contributed by atoms with Crippen molar-refractivity contribution in [2.45, 2.75) is 46.1 Å². The third-order valence-electron chi connectivity index (χ3n) is 5.59. The molecule has 1 unspecified atom stereocenters. The molecule has 0 saturated heterocycles. The molecule has 0 saturated carbocycles. The summed E-state index contributed by atoms with van der Waals surface area (Å²) in [7, 11) is 3.92. The molecule has 0 aliphatic heterocycles. The highest BCUT2D eigenvalue weighted by molar-refractivity contribution is 5.90. The van der Waals surface area contributed by atoms with E-state index in [1.54, 1.807) is 12.1 Å². The first kappa shape index (κ1) is 28.1. The Kier molecular flexibility index (Phi) is 12.0. The molecular weight excluding hydrogens is 441 g/mol. The molecule has 1 atom stereocenters. The Morgan fingerprint density at radius 2 is 1.77 bits per heavy atom. The standard InChI is InChI=1S/C30H38FNO3/c1-6-8-9-10-11-12-13-27(30(33)34-7-2)29(32(4)5)28-22-26(19-14-23(28)3)35-21-20-24-15-17-25(31)18-16-24/h6,8,10-11,13-19,22,29H,7,9,12,20-21H2,1-5H3/b8-6-,11-10-,27-13-. The number of carbonyl (C=O) groups excluding carboxylic acids is 1. The minimum absolute atomic E-state index is 0.244. The molecular formula is C30H38FNO3. The summed E-state index contributed by atoms with van der Waals surface area (Å²) in [6, 6.07) is 12.1. The third-order valence-corrected chi connectivity index (χ3v) is 5.59. The van der Waals surface area contributed by atoms with E-state index >= 15 is 0 Å². The Labute approximate surface area is 209 Å². The van der Waals surface area contributed by atoms with Gasteiger partial charge < -0.3 is 9.47 Å². The first-order valence-electron chi connectivity index (χ1n) is 12.1. The number of likely N-dealkylation sites (N-methyl/N-ethyl adjacent to an activating group) is 1. The van der Waals surface area contributed by atoms with Crippen molar-refractivity contribution in [3.8, 4) is 5.75 Å². The molecule has 2 rings (SSSR count). The number of benzene rings is 2. The number of allylic oxidation sites excluding steroid dienone is 5. The van der Waals surface area contributed by atoms with E-state index in [1.807, 2.05) is 70.1 Å². The molecule has 2 aromatic carbocycles. The maximum Gasteiger partial charge on any atom is 0.335 e. The molecule has 2 aromatic rings. The topological polar surface area (TPSA) is 38.8 Å². The fraction of sp³-hybridized carbons (Fsp3) is 0.367. The second kappa shape index (κ2) is 14.9. The zero-order valence-corrected chi connectivity index (χ0v) is 21.6. The van der Waals surface area contributed by atoms with Gasteiger partial charge in [0.25, 0.3) is 0 Å². The summed E-state index contributed by atoms with van der Waals surface area (Å²) in [5.74, 6) is 0.176. The summed E-state index contributed by atoms with van der Waals surface area (Å²) in [5.41, 5.74) is 3.68. The van der Waals surface area contributed by atoms with Gasteiger partial charge in [0, 0.05) is 6.42 Å². The Morgan fingerprint density at radius 3 is 2.43 bits per heavy atom. The van der Waals surface area contributed by atoms with Crippen molar-refractivity contribution in [3.63, 3.8) is 0 Å². The van der Waals surface area contributed by atoms with Crippen LogP contribution in [0.5, 0.6) is 5.75 Å². The van der Waals surface area contributed by atoms with Crippen LogP contribution in [0.2, 0.25) is 0 Å². The van der Waals surface area contributed by atoms with Crippen molar-refractivity contribution in [2.75, 3.05) is 27.3 Å². The van der Waals surface area contributed by atoms with Crippen LogP contribution in [0.4, 0.5) is 4.39 Å². The van der Waals surface area contributed by atoms with Gasteiger partial charge in [0.15, 0.2) is 0 Å².